The second-order valence-corrected chi connectivity index (χ2v) is 7.54. The molecule has 0 spiro atoms. The second-order valence-electron chi connectivity index (χ2n) is 5.45. The molecule has 4 nitrogen and oxygen atoms in total. The predicted molar refractivity (Wildman–Crippen MR) is 76.6 cm³/mol. The van der Waals surface area contributed by atoms with E-state index in [1.807, 2.05) is 7.05 Å². The Bertz CT molecular complexity index is 336. The Morgan fingerprint density at radius 2 is 1.72 bits per heavy atom. The lowest BCUT2D eigenvalue weighted by molar-refractivity contribution is 0.270. The zero-order chi connectivity index (χ0) is 12.3. The smallest absolute Gasteiger partial charge is 0.214 e. The monoisotopic (exact) mass is 296 g/mol. The minimum atomic E-state index is -2.96. The van der Waals surface area contributed by atoms with Gasteiger partial charge in [0.2, 0.25) is 10.0 Å². The van der Waals surface area contributed by atoms with Gasteiger partial charge in [0.1, 0.15) is 0 Å². The van der Waals surface area contributed by atoms with Gasteiger partial charge in [-0.05, 0) is 44.7 Å². The summed E-state index contributed by atoms with van der Waals surface area (Å²) >= 11 is 0. The molecule has 0 bridgehead atoms. The summed E-state index contributed by atoms with van der Waals surface area (Å²) in [4.78, 5) is 0. The third-order valence-electron chi connectivity index (χ3n) is 3.94. The minimum absolute atomic E-state index is 0. The highest BCUT2D eigenvalue weighted by molar-refractivity contribution is 7.89. The lowest BCUT2D eigenvalue weighted by Gasteiger charge is -2.31. The van der Waals surface area contributed by atoms with E-state index in [9.17, 15) is 8.42 Å². The van der Waals surface area contributed by atoms with E-state index in [0.717, 1.165) is 38.9 Å². The van der Waals surface area contributed by atoms with Crippen LogP contribution in [0.4, 0.5) is 0 Å². The molecule has 2 fully saturated rings. The molecule has 0 amide bonds. The number of halogens is 1. The Morgan fingerprint density at radius 3 is 2.22 bits per heavy atom. The van der Waals surface area contributed by atoms with Crippen LogP contribution < -0.4 is 5.32 Å². The molecule has 0 unspecified atom stereocenters. The van der Waals surface area contributed by atoms with Crippen LogP contribution in [0.5, 0.6) is 0 Å². The van der Waals surface area contributed by atoms with Crippen molar-refractivity contribution in [2.75, 3.05) is 32.4 Å². The minimum Gasteiger partial charge on any atom is -0.319 e. The quantitative estimate of drug-likeness (QED) is 0.807. The standard InChI is InChI=1S/C12H24N2O2S.ClH/c1-13-10-12-4-7-14(8-5-12)17(15,16)9-6-11-2-3-11;/h11-13H,2-10H2,1H3;1H. The number of rotatable bonds is 6. The molecule has 6 heteroatoms. The van der Waals surface area contributed by atoms with Gasteiger partial charge in [0.25, 0.3) is 0 Å². The molecule has 0 aromatic rings. The van der Waals surface area contributed by atoms with Gasteiger partial charge in [-0.1, -0.05) is 12.8 Å². The maximum absolute atomic E-state index is 12.1. The third kappa shape index (κ3) is 4.68. The first-order chi connectivity index (χ1) is 8.12. The van der Waals surface area contributed by atoms with Gasteiger partial charge in [0, 0.05) is 13.1 Å². The van der Waals surface area contributed by atoms with E-state index >= 15 is 0 Å². The molecule has 1 saturated carbocycles. The summed E-state index contributed by atoms with van der Waals surface area (Å²) in [6.07, 6.45) is 5.35. The van der Waals surface area contributed by atoms with Crippen LogP contribution in [0.3, 0.4) is 0 Å². The van der Waals surface area contributed by atoms with E-state index in [-0.39, 0.29) is 12.4 Å². The van der Waals surface area contributed by atoms with E-state index in [1.165, 1.54) is 12.8 Å². The van der Waals surface area contributed by atoms with E-state index in [2.05, 4.69) is 5.32 Å². The fourth-order valence-electron chi connectivity index (χ4n) is 2.53. The van der Waals surface area contributed by atoms with Crippen molar-refractivity contribution in [1.29, 1.82) is 0 Å². The number of nitrogens with one attached hydrogen (secondary N) is 1. The lowest BCUT2D eigenvalue weighted by atomic mass is 9.98. The molecule has 2 rings (SSSR count). The summed E-state index contributed by atoms with van der Waals surface area (Å²) in [5, 5.41) is 3.17. The second kappa shape index (κ2) is 7.08. The Labute approximate surface area is 117 Å². The maximum atomic E-state index is 12.1. The summed E-state index contributed by atoms with van der Waals surface area (Å²) in [6.45, 7) is 2.45. The highest BCUT2D eigenvalue weighted by atomic mass is 35.5. The highest BCUT2D eigenvalue weighted by Gasteiger charge is 2.30. The molecule has 0 atom stereocenters. The first-order valence-electron chi connectivity index (χ1n) is 6.74. The summed E-state index contributed by atoms with van der Waals surface area (Å²) < 4.78 is 25.9. The molecule has 2 aliphatic rings. The van der Waals surface area contributed by atoms with E-state index in [1.54, 1.807) is 4.31 Å². The van der Waals surface area contributed by atoms with Gasteiger partial charge in [-0.2, -0.15) is 0 Å². The van der Waals surface area contributed by atoms with Crippen molar-refractivity contribution in [1.82, 2.24) is 9.62 Å². The molecule has 0 radical (unpaired) electrons. The van der Waals surface area contributed by atoms with Crippen LogP contribution in [0.1, 0.15) is 32.1 Å². The van der Waals surface area contributed by atoms with Crippen molar-refractivity contribution in [2.45, 2.75) is 32.1 Å². The van der Waals surface area contributed by atoms with Crippen LogP contribution >= 0.6 is 12.4 Å². The van der Waals surface area contributed by atoms with E-state index in [4.69, 9.17) is 0 Å². The fourth-order valence-corrected chi connectivity index (χ4v) is 4.19. The Hall–Kier alpha value is 0.160. The molecule has 1 saturated heterocycles. The van der Waals surface area contributed by atoms with Gasteiger partial charge in [0.05, 0.1) is 5.75 Å². The molecule has 1 aliphatic heterocycles. The Kier molecular flexibility index (Phi) is 6.38. The number of nitrogens with zero attached hydrogens (tertiary/aromatic N) is 1. The predicted octanol–water partition coefficient (Wildman–Crippen LogP) is 1.47. The zero-order valence-electron chi connectivity index (χ0n) is 11.1. The van der Waals surface area contributed by atoms with Crippen LogP contribution in [-0.4, -0.2) is 45.2 Å². The first-order valence-corrected chi connectivity index (χ1v) is 8.35. The fraction of sp³-hybridized carbons (Fsp3) is 1.00. The van der Waals surface area contributed by atoms with Crippen LogP contribution in [0, 0.1) is 11.8 Å². The SMILES string of the molecule is CNCC1CCN(S(=O)(=O)CCC2CC2)CC1.Cl. The summed E-state index contributed by atoms with van der Waals surface area (Å²) in [5.74, 6) is 1.72. The van der Waals surface area contributed by atoms with Gasteiger partial charge < -0.3 is 5.32 Å². The number of hydrogen-bond donors (Lipinski definition) is 1. The summed E-state index contributed by atoms with van der Waals surface area (Å²) in [6, 6.07) is 0. The normalized spacial score (nSPS) is 22.7. The maximum Gasteiger partial charge on any atom is 0.214 e. The summed E-state index contributed by atoms with van der Waals surface area (Å²) in [5.41, 5.74) is 0. The van der Waals surface area contributed by atoms with Crippen molar-refractivity contribution >= 4 is 22.4 Å². The largest absolute Gasteiger partial charge is 0.319 e. The number of hydrogen-bond acceptors (Lipinski definition) is 3. The Balaban J connectivity index is 0.00000162. The molecule has 1 heterocycles. The van der Waals surface area contributed by atoms with Crippen LogP contribution in [0.2, 0.25) is 0 Å². The summed E-state index contributed by atoms with van der Waals surface area (Å²) in [7, 11) is -1.01. The van der Waals surface area contributed by atoms with Gasteiger partial charge in [-0.25, -0.2) is 12.7 Å². The van der Waals surface area contributed by atoms with Crippen LogP contribution in [0.15, 0.2) is 0 Å². The molecule has 18 heavy (non-hydrogen) atoms. The zero-order valence-corrected chi connectivity index (χ0v) is 12.7. The highest BCUT2D eigenvalue weighted by Crippen LogP contribution is 2.33. The van der Waals surface area contributed by atoms with E-state index < -0.39 is 10.0 Å². The van der Waals surface area contributed by atoms with Crippen molar-refractivity contribution in [2.24, 2.45) is 11.8 Å². The van der Waals surface area contributed by atoms with Gasteiger partial charge in [-0.15, -0.1) is 12.4 Å². The van der Waals surface area contributed by atoms with Crippen LogP contribution in [-0.2, 0) is 10.0 Å². The molecular formula is C12H25ClN2O2S. The van der Waals surface area contributed by atoms with E-state index in [0.29, 0.717) is 17.6 Å². The first kappa shape index (κ1) is 16.2. The third-order valence-corrected chi connectivity index (χ3v) is 5.84. The number of sulfonamides is 1. The average Bonchev–Trinajstić information content (AvgIpc) is 3.12. The van der Waals surface area contributed by atoms with Gasteiger partial charge in [0.15, 0.2) is 0 Å². The van der Waals surface area contributed by atoms with Crippen molar-refractivity contribution < 1.29 is 8.42 Å². The van der Waals surface area contributed by atoms with Crippen molar-refractivity contribution in [3.8, 4) is 0 Å². The Morgan fingerprint density at radius 1 is 1.11 bits per heavy atom. The molecule has 108 valence electrons. The van der Waals surface area contributed by atoms with Crippen LogP contribution in [0.25, 0.3) is 0 Å². The topological polar surface area (TPSA) is 49.4 Å². The van der Waals surface area contributed by atoms with Gasteiger partial charge >= 0.3 is 0 Å². The van der Waals surface area contributed by atoms with Crippen molar-refractivity contribution in [3.63, 3.8) is 0 Å². The molecule has 1 N–H and O–H groups in total. The lowest BCUT2D eigenvalue weighted by Crippen LogP contribution is -2.41. The molecule has 0 aromatic carbocycles. The average molecular weight is 297 g/mol. The van der Waals surface area contributed by atoms with Gasteiger partial charge in [-0.3, -0.25) is 0 Å². The molecule has 1 aliphatic carbocycles. The number of piperidine rings is 1. The molecular weight excluding hydrogens is 272 g/mol. The molecule has 0 aromatic heterocycles. The van der Waals surface area contributed by atoms with Crippen molar-refractivity contribution in [3.05, 3.63) is 0 Å².